The standard InChI is InChI=1S/C7H7F3N2O2/c8-7(9,10)14-4-3-12-5-11-2-1-6(12)13/h1-2,5H,3-4H2. The van der Waals surface area contributed by atoms with Crippen molar-refractivity contribution in [1.82, 2.24) is 9.55 Å². The van der Waals surface area contributed by atoms with Gasteiger partial charge in [0.15, 0.2) is 0 Å². The van der Waals surface area contributed by atoms with E-state index in [-0.39, 0.29) is 6.54 Å². The molecule has 0 N–H and O–H groups in total. The predicted molar refractivity (Wildman–Crippen MR) is 40.5 cm³/mol. The SMILES string of the molecule is O=c1ccncn1CCOC(F)(F)F. The highest BCUT2D eigenvalue weighted by Crippen LogP contribution is 2.15. The molecule has 0 aliphatic rings. The summed E-state index contributed by atoms with van der Waals surface area (Å²) in [6.07, 6.45) is -2.24. The highest BCUT2D eigenvalue weighted by Gasteiger charge is 2.28. The highest BCUT2D eigenvalue weighted by molar-refractivity contribution is 4.81. The second kappa shape index (κ2) is 4.23. The van der Waals surface area contributed by atoms with Crippen LogP contribution in [0.25, 0.3) is 0 Å². The summed E-state index contributed by atoms with van der Waals surface area (Å²) < 4.78 is 39.1. The summed E-state index contributed by atoms with van der Waals surface area (Å²) in [5.74, 6) is 0. The normalized spacial score (nSPS) is 11.6. The number of rotatable bonds is 3. The second-order valence-electron chi connectivity index (χ2n) is 2.41. The Bertz CT molecular complexity index is 347. The van der Waals surface area contributed by atoms with Crippen LogP contribution in [0.3, 0.4) is 0 Å². The summed E-state index contributed by atoms with van der Waals surface area (Å²) in [6.45, 7) is -0.777. The predicted octanol–water partition coefficient (Wildman–Crippen LogP) is 0.780. The maximum absolute atomic E-state index is 11.5. The summed E-state index contributed by atoms with van der Waals surface area (Å²) >= 11 is 0. The molecular weight excluding hydrogens is 201 g/mol. The molecule has 0 atom stereocenters. The first-order valence-corrected chi connectivity index (χ1v) is 3.70. The van der Waals surface area contributed by atoms with Crippen molar-refractivity contribution in [2.45, 2.75) is 12.9 Å². The Morgan fingerprint density at radius 2 is 2.21 bits per heavy atom. The average molecular weight is 208 g/mol. The van der Waals surface area contributed by atoms with Crippen LogP contribution in [0.4, 0.5) is 13.2 Å². The third-order valence-electron chi connectivity index (χ3n) is 1.39. The molecule has 78 valence electrons. The molecule has 1 heterocycles. The molecule has 0 amide bonds. The van der Waals surface area contributed by atoms with Gasteiger partial charge >= 0.3 is 6.36 Å². The number of halogens is 3. The first kappa shape index (κ1) is 10.7. The zero-order valence-corrected chi connectivity index (χ0v) is 6.99. The Morgan fingerprint density at radius 1 is 1.50 bits per heavy atom. The van der Waals surface area contributed by atoms with Gasteiger partial charge < -0.3 is 0 Å². The van der Waals surface area contributed by atoms with Gasteiger partial charge in [-0.25, -0.2) is 4.98 Å². The van der Waals surface area contributed by atoms with Gasteiger partial charge in [-0.05, 0) is 0 Å². The summed E-state index contributed by atoms with van der Waals surface area (Å²) in [7, 11) is 0. The third-order valence-corrected chi connectivity index (χ3v) is 1.39. The van der Waals surface area contributed by atoms with E-state index in [1.165, 1.54) is 6.20 Å². The van der Waals surface area contributed by atoms with Crippen molar-refractivity contribution in [1.29, 1.82) is 0 Å². The zero-order valence-electron chi connectivity index (χ0n) is 6.99. The monoisotopic (exact) mass is 208 g/mol. The summed E-state index contributed by atoms with van der Waals surface area (Å²) in [5.41, 5.74) is -0.411. The van der Waals surface area contributed by atoms with Gasteiger partial charge in [0, 0.05) is 12.3 Å². The molecule has 14 heavy (non-hydrogen) atoms. The number of hydrogen-bond donors (Lipinski definition) is 0. The fourth-order valence-corrected chi connectivity index (χ4v) is 0.806. The molecule has 0 bridgehead atoms. The van der Waals surface area contributed by atoms with Crippen molar-refractivity contribution in [2.24, 2.45) is 0 Å². The molecule has 0 aromatic carbocycles. The molecule has 0 saturated carbocycles. The molecule has 0 radical (unpaired) electrons. The second-order valence-corrected chi connectivity index (χ2v) is 2.41. The molecule has 0 saturated heterocycles. The van der Waals surface area contributed by atoms with Gasteiger partial charge in [0.25, 0.3) is 5.56 Å². The minimum absolute atomic E-state index is 0.174. The quantitative estimate of drug-likeness (QED) is 0.737. The Kier molecular flexibility index (Phi) is 3.23. The zero-order chi connectivity index (χ0) is 10.6. The van der Waals surface area contributed by atoms with E-state index < -0.39 is 18.5 Å². The van der Waals surface area contributed by atoms with Gasteiger partial charge in [-0.2, -0.15) is 0 Å². The lowest BCUT2D eigenvalue weighted by Gasteiger charge is -2.07. The Hall–Kier alpha value is -1.37. The van der Waals surface area contributed by atoms with Crippen LogP contribution in [0.15, 0.2) is 23.4 Å². The Labute approximate surface area is 76.9 Å². The van der Waals surface area contributed by atoms with Crippen molar-refractivity contribution >= 4 is 0 Å². The minimum Gasteiger partial charge on any atom is -0.297 e. The fraction of sp³-hybridized carbons (Fsp3) is 0.429. The number of nitrogens with zero attached hydrogens (tertiary/aromatic N) is 2. The van der Waals surface area contributed by atoms with Crippen LogP contribution >= 0.6 is 0 Å². The van der Waals surface area contributed by atoms with E-state index in [1.807, 2.05) is 0 Å². The topological polar surface area (TPSA) is 44.1 Å². The van der Waals surface area contributed by atoms with Crippen LogP contribution in [0.2, 0.25) is 0 Å². The van der Waals surface area contributed by atoms with Crippen molar-refractivity contribution in [3.05, 3.63) is 28.9 Å². The number of hydrogen-bond acceptors (Lipinski definition) is 3. The van der Waals surface area contributed by atoms with Gasteiger partial charge in [0.1, 0.15) is 0 Å². The molecular formula is C7H7F3N2O2. The van der Waals surface area contributed by atoms with Crippen LogP contribution in [0.5, 0.6) is 0 Å². The smallest absolute Gasteiger partial charge is 0.297 e. The molecule has 0 fully saturated rings. The third kappa shape index (κ3) is 3.56. The molecule has 0 aliphatic heterocycles. The van der Waals surface area contributed by atoms with E-state index in [2.05, 4.69) is 9.72 Å². The lowest BCUT2D eigenvalue weighted by molar-refractivity contribution is -0.325. The van der Waals surface area contributed by atoms with E-state index in [0.717, 1.165) is 17.0 Å². The van der Waals surface area contributed by atoms with Gasteiger partial charge in [-0.3, -0.25) is 14.1 Å². The molecule has 4 nitrogen and oxygen atoms in total. The summed E-state index contributed by atoms with van der Waals surface area (Å²) in [6, 6.07) is 1.16. The first-order chi connectivity index (χ1) is 6.49. The van der Waals surface area contributed by atoms with Gasteiger partial charge in [-0.1, -0.05) is 0 Å². The van der Waals surface area contributed by atoms with Crippen molar-refractivity contribution in [2.75, 3.05) is 6.61 Å². The van der Waals surface area contributed by atoms with Gasteiger partial charge in [0.05, 0.1) is 19.5 Å². The highest BCUT2D eigenvalue weighted by atomic mass is 19.4. The molecule has 0 unspecified atom stereocenters. The van der Waals surface area contributed by atoms with E-state index in [9.17, 15) is 18.0 Å². The average Bonchev–Trinajstić information content (AvgIpc) is 2.06. The lowest BCUT2D eigenvalue weighted by Crippen LogP contribution is -2.24. The van der Waals surface area contributed by atoms with Crippen LogP contribution in [-0.4, -0.2) is 22.5 Å². The fourth-order valence-electron chi connectivity index (χ4n) is 0.806. The first-order valence-electron chi connectivity index (χ1n) is 3.70. The molecule has 0 spiro atoms. The van der Waals surface area contributed by atoms with Crippen LogP contribution in [-0.2, 0) is 11.3 Å². The molecule has 1 rings (SSSR count). The Morgan fingerprint density at radius 3 is 2.79 bits per heavy atom. The van der Waals surface area contributed by atoms with Crippen molar-refractivity contribution < 1.29 is 17.9 Å². The Balaban J connectivity index is 2.47. The van der Waals surface area contributed by atoms with Gasteiger partial charge in [-0.15, -0.1) is 13.2 Å². The summed E-state index contributed by atoms with van der Waals surface area (Å²) in [5, 5.41) is 0. The molecule has 1 aromatic heterocycles. The summed E-state index contributed by atoms with van der Waals surface area (Å²) in [4.78, 5) is 14.5. The maximum atomic E-state index is 11.5. The van der Waals surface area contributed by atoms with Crippen molar-refractivity contribution in [3.8, 4) is 0 Å². The molecule has 1 aromatic rings. The number of aromatic nitrogens is 2. The van der Waals surface area contributed by atoms with Crippen LogP contribution < -0.4 is 5.56 Å². The van der Waals surface area contributed by atoms with Gasteiger partial charge in [0.2, 0.25) is 0 Å². The number of ether oxygens (including phenoxy) is 1. The maximum Gasteiger partial charge on any atom is 0.522 e. The lowest BCUT2D eigenvalue weighted by atomic mass is 10.6. The van der Waals surface area contributed by atoms with E-state index in [4.69, 9.17) is 0 Å². The minimum atomic E-state index is -4.66. The molecule has 0 aliphatic carbocycles. The largest absolute Gasteiger partial charge is 0.522 e. The van der Waals surface area contributed by atoms with E-state index >= 15 is 0 Å². The van der Waals surface area contributed by atoms with Crippen LogP contribution in [0.1, 0.15) is 0 Å². The number of alkyl halides is 3. The van der Waals surface area contributed by atoms with E-state index in [0.29, 0.717) is 0 Å². The van der Waals surface area contributed by atoms with E-state index in [1.54, 1.807) is 0 Å². The van der Waals surface area contributed by atoms with Crippen LogP contribution in [0, 0.1) is 0 Å². The molecule has 7 heteroatoms. The van der Waals surface area contributed by atoms with Crippen molar-refractivity contribution in [3.63, 3.8) is 0 Å².